The van der Waals surface area contributed by atoms with Crippen LogP contribution in [0.2, 0.25) is 0 Å². The van der Waals surface area contributed by atoms with Gasteiger partial charge in [0.1, 0.15) is 6.17 Å². The standard InChI is InChI=1S/C15H31FO2/c1-6-12(4)11-17-10-9-14(16)15(18-8-3)13(5)7-2/h12-15H,6-11H2,1-5H3. The van der Waals surface area contributed by atoms with Crippen LogP contribution in [0.5, 0.6) is 0 Å². The number of hydrogen-bond donors (Lipinski definition) is 0. The van der Waals surface area contributed by atoms with Crippen LogP contribution in [-0.2, 0) is 9.47 Å². The van der Waals surface area contributed by atoms with Crippen molar-refractivity contribution < 1.29 is 13.9 Å². The first-order valence-electron chi connectivity index (χ1n) is 7.40. The van der Waals surface area contributed by atoms with Gasteiger partial charge in [0, 0.05) is 26.2 Å². The lowest BCUT2D eigenvalue weighted by molar-refractivity contribution is -0.0408. The van der Waals surface area contributed by atoms with Crippen molar-refractivity contribution in [2.45, 2.75) is 66.2 Å². The first kappa shape index (κ1) is 17.8. The Morgan fingerprint density at radius 1 is 1.06 bits per heavy atom. The van der Waals surface area contributed by atoms with Crippen LogP contribution in [0, 0.1) is 11.8 Å². The van der Waals surface area contributed by atoms with Crippen LogP contribution in [0.1, 0.15) is 53.9 Å². The van der Waals surface area contributed by atoms with Gasteiger partial charge in [0.05, 0.1) is 6.10 Å². The summed E-state index contributed by atoms with van der Waals surface area (Å²) >= 11 is 0. The molecule has 0 spiro atoms. The normalized spacial score (nSPS) is 18.3. The number of rotatable bonds is 11. The quantitative estimate of drug-likeness (QED) is 0.519. The van der Waals surface area contributed by atoms with Gasteiger partial charge >= 0.3 is 0 Å². The Hall–Kier alpha value is -0.150. The van der Waals surface area contributed by atoms with Crippen LogP contribution in [0.3, 0.4) is 0 Å². The van der Waals surface area contributed by atoms with E-state index in [2.05, 4.69) is 20.8 Å². The molecular formula is C15H31FO2. The highest BCUT2D eigenvalue weighted by Gasteiger charge is 2.26. The van der Waals surface area contributed by atoms with Crippen molar-refractivity contribution in [3.63, 3.8) is 0 Å². The maximum atomic E-state index is 14.1. The molecule has 0 aromatic carbocycles. The van der Waals surface area contributed by atoms with Crippen molar-refractivity contribution in [1.29, 1.82) is 0 Å². The molecule has 0 saturated heterocycles. The highest BCUT2D eigenvalue weighted by atomic mass is 19.1. The molecule has 2 nitrogen and oxygen atoms in total. The van der Waals surface area contributed by atoms with Crippen LogP contribution >= 0.6 is 0 Å². The van der Waals surface area contributed by atoms with E-state index in [0.29, 0.717) is 25.6 Å². The van der Waals surface area contributed by atoms with E-state index in [0.717, 1.165) is 19.4 Å². The zero-order valence-electron chi connectivity index (χ0n) is 12.7. The van der Waals surface area contributed by atoms with Crippen LogP contribution in [0.25, 0.3) is 0 Å². The van der Waals surface area contributed by atoms with Crippen molar-refractivity contribution in [3.05, 3.63) is 0 Å². The van der Waals surface area contributed by atoms with Crippen molar-refractivity contribution >= 4 is 0 Å². The molecule has 0 aliphatic carbocycles. The second kappa shape index (κ2) is 10.7. The molecule has 0 aliphatic heterocycles. The Morgan fingerprint density at radius 2 is 1.72 bits per heavy atom. The maximum absolute atomic E-state index is 14.1. The van der Waals surface area contributed by atoms with Gasteiger partial charge in [-0.05, 0) is 18.8 Å². The Morgan fingerprint density at radius 3 is 2.22 bits per heavy atom. The summed E-state index contributed by atoms with van der Waals surface area (Å²) in [6.07, 6.45) is 1.28. The molecule has 0 bridgehead atoms. The van der Waals surface area contributed by atoms with Crippen LogP contribution < -0.4 is 0 Å². The molecule has 4 unspecified atom stereocenters. The molecule has 0 rings (SSSR count). The Kier molecular flexibility index (Phi) is 10.7. The third kappa shape index (κ3) is 7.32. The van der Waals surface area contributed by atoms with Crippen LogP contribution in [0.4, 0.5) is 4.39 Å². The third-order valence-electron chi connectivity index (χ3n) is 3.56. The molecule has 110 valence electrons. The average Bonchev–Trinajstić information content (AvgIpc) is 2.39. The van der Waals surface area contributed by atoms with Gasteiger partial charge in [-0.1, -0.05) is 40.5 Å². The molecule has 0 saturated carbocycles. The molecule has 18 heavy (non-hydrogen) atoms. The summed E-state index contributed by atoms with van der Waals surface area (Å²) in [5, 5.41) is 0. The molecule has 0 aromatic heterocycles. The summed E-state index contributed by atoms with van der Waals surface area (Å²) in [5.41, 5.74) is 0. The lowest BCUT2D eigenvalue weighted by atomic mass is 9.96. The van der Waals surface area contributed by atoms with Gasteiger partial charge in [0.15, 0.2) is 0 Å². The summed E-state index contributed by atoms with van der Waals surface area (Å²) in [6.45, 7) is 12.1. The molecule has 3 heteroatoms. The smallest absolute Gasteiger partial charge is 0.129 e. The summed E-state index contributed by atoms with van der Waals surface area (Å²) in [4.78, 5) is 0. The fourth-order valence-corrected chi connectivity index (χ4v) is 1.81. The number of halogens is 1. The van der Waals surface area contributed by atoms with Crippen LogP contribution in [0.15, 0.2) is 0 Å². The predicted octanol–water partition coefficient (Wildman–Crippen LogP) is 4.23. The molecular weight excluding hydrogens is 231 g/mol. The largest absolute Gasteiger partial charge is 0.381 e. The molecule has 4 atom stereocenters. The van der Waals surface area contributed by atoms with Crippen molar-refractivity contribution in [2.24, 2.45) is 11.8 Å². The second-order valence-electron chi connectivity index (χ2n) is 5.20. The molecule has 0 radical (unpaired) electrons. The molecule has 0 fully saturated rings. The molecule has 0 aromatic rings. The van der Waals surface area contributed by atoms with Crippen molar-refractivity contribution in [1.82, 2.24) is 0 Å². The van der Waals surface area contributed by atoms with E-state index < -0.39 is 6.17 Å². The molecule has 0 N–H and O–H groups in total. The number of ether oxygens (including phenoxy) is 2. The second-order valence-corrected chi connectivity index (χ2v) is 5.20. The highest BCUT2D eigenvalue weighted by molar-refractivity contribution is 4.74. The minimum absolute atomic E-state index is 0.259. The Balaban J connectivity index is 3.91. The highest BCUT2D eigenvalue weighted by Crippen LogP contribution is 2.20. The summed E-state index contributed by atoms with van der Waals surface area (Å²) in [5.74, 6) is 0.815. The van der Waals surface area contributed by atoms with E-state index in [1.807, 2.05) is 13.8 Å². The first-order valence-corrected chi connectivity index (χ1v) is 7.40. The summed E-state index contributed by atoms with van der Waals surface area (Å²) in [7, 11) is 0. The molecule has 0 aliphatic rings. The SMILES string of the molecule is CCOC(C(C)CC)C(F)CCOCC(C)CC. The van der Waals surface area contributed by atoms with Crippen molar-refractivity contribution in [2.75, 3.05) is 19.8 Å². The van der Waals surface area contributed by atoms with E-state index >= 15 is 0 Å². The van der Waals surface area contributed by atoms with Crippen LogP contribution in [-0.4, -0.2) is 32.1 Å². The van der Waals surface area contributed by atoms with Gasteiger partial charge in [-0.2, -0.15) is 0 Å². The monoisotopic (exact) mass is 262 g/mol. The van der Waals surface area contributed by atoms with E-state index in [1.54, 1.807) is 0 Å². The van der Waals surface area contributed by atoms with Gasteiger partial charge < -0.3 is 9.47 Å². The van der Waals surface area contributed by atoms with E-state index in [9.17, 15) is 4.39 Å². The number of alkyl halides is 1. The molecule has 0 amide bonds. The minimum Gasteiger partial charge on any atom is -0.381 e. The van der Waals surface area contributed by atoms with E-state index in [1.165, 1.54) is 0 Å². The van der Waals surface area contributed by atoms with E-state index in [4.69, 9.17) is 9.47 Å². The van der Waals surface area contributed by atoms with Gasteiger partial charge in [-0.25, -0.2) is 4.39 Å². The third-order valence-corrected chi connectivity index (χ3v) is 3.56. The number of hydrogen-bond acceptors (Lipinski definition) is 2. The fourth-order valence-electron chi connectivity index (χ4n) is 1.81. The first-order chi connectivity index (χ1) is 8.56. The zero-order valence-corrected chi connectivity index (χ0v) is 12.7. The molecule has 0 heterocycles. The summed E-state index contributed by atoms with van der Waals surface area (Å²) < 4.78 is 25.1. The minimum atomic E-state index is -0.920. The van der Waals surface area contributed by atoms with Gasteiger partial charge in [0.2, 0.25) is 0 Å². The Bertz CT molecular complexity index is 187. The zero-order chi connectivity index (χ0) is 14.0. The Labute approximate surface area is 112 Å². The maximum Gasteiger partial charge on any atom is 0.129 e. The summed E-state index contributed by atoms with van der Waals surface area (Å²) in [6, 6.07) is 0. The van der Waals surface area contributed by atoms with Gasteiger partial charge in [-0.3, -0.25) is 0 Å². The lowest BCUT2D eigenvalue weighted by Gasteiger charge is -2.26. The van der Waals surface area contributed by atoms with Gasteiger partial charge in [-0.15, -0.1) is 0 Å². The predicted molar refractivity (Wildman–Crippen MR) is 74.7 cm³/mol. The topological polar surface area (TPSA) is 18.5 Å². The fraction of sp³-hybridized carbons (Fsp3) is 1.00. The van der Waals surface area contributed by atoms with Gasteiger partial charge in [0.25, 0.3) is 0 Å². The van der Waals surface area contributed by atoms with Crippen molar-refractivity contribution in [3.8, 4) is 0 Å². The van der Waals surface area contributed by atoms with E-state index in [-0.39, 0.29) is 12.0 Å². The lowest BCUT2D eigenvalue weighted by Crippen LogP contribution is -2.33. The average molecular weight is 262 g/mol.